The van der Waals surface area contributed by atoms with Crippen molar-refractivity contribution in [1.82, 2.24) is 15.5 Å². The van der Waals surface area contributed by atoms with Gasteiger partial charge in [0.15, 0.2) is 5.82 Å². The summed E-state index contributed by atoms with van der Waals surface area (Å²) < 4.78 is 15.5. The van der Waals surface area contributed by atoms with Crippen LogP contribution in [-0.4, -0.2) is 23.9 Å². The summed E-state index contributed by atoms with van der Waals surface area (Å²) in [4.78, 5) is 4.11. The van der Waals surface area contributed by atoms with Crippen LogP contribution >= 0.6 is 0 Å². The van der Waals surface area contributed by atoms with E-state index in [1.54, 1.807) is 20.3 Å². The van der Waals surface area contributed by atoms with Gasteiger partial charge in [-0.2, -0.15) is 4.98 Å². The van der Waals surface area contributed by atoms with E-state index in [0.717, 1.165) is 5.76 Å². The standard InChI is InChI=1S/C11H15N3O3/c1-8-13-11(17-14-8)6-12-9(7-15-2)10-4-3-5-16-10/h3-5,9,12H,6-7H2,1-2H3. The van der Waals surface area contributed by atoms with Gasteiger partial charge >= 0.3 is 0 Å². The van der Waals surface area contributed by atoms with Crippen LogP contribution in [0.4, 0.5) is 0 Å². The van der Waals surface area contributed by atoms with Crippen molar-refractivity contribution in [2.45, 2.75) is 19.5 Å². The maximum absolute atomic E-state index is 5.33. The van der Waals surface area contributed by atoms with E-state index in [4.69, 9.17) is 13.7 Å². The first-order chi connectivity index (χ1) is 8.29. The molecule has 2 rings (SSSR count). The maximum Gasteiger partial charge on any atom is 0.240 e. The third-order valence-corrected chi connectivity index (χ3v) is 2.29. The number of nitrogens with zero attached hydrogens (tertiary/aromatic N) is 2. The van der Waals surface area contributed by atoms with Crippen LogP contribution in [0.15, 0.2) is 27.3 Å². The van der Waals surface area contributed by atoms with E-state index in [9.17, 15) is 0 Å². The van der Waals surface area contributed by atoms with Gasteiger partial charge in [-0.15, -0.1) is 0 Å². The number of aromatic nitrogens is 2. The Balaban J connectivity index is 1.94. The highest BCUT2D eigenvalue weighted by Crippen LogP contribution is 2.14. The second-order valence-electron chi connectivity index (χ2n) is 3.64. The van der Waals surface area contributed by atoms with Gasteiger partial charge in [0.2, 0.25) is 5.89 Å². The zero-order chi connectivity index (χ0) is 12.1. The first-order valence-electron chi connectivity index (χ1n) is 5.34. The molecule has 6 nitrogen and oxygen atoms in total. The minimum atomic E-state index is -0.0257. The molecule has 0 aliphatic rings. The van der Waals surface area contributed by atoms with Crippen molar-refractivity contribution in [3.63, 3.8) is 0 Å². The van der Waals surface area contributed by atoms with Gasteiger partial charge in [0, 0.05) is 7.11 Å². The lowest BCUT2D eigenvalue weighted by atomic mass is 10.2. The molecule has 92 valence electrons. The van der Waals surface area contributed by atoms with Crippen LogP contribution in [0, 0.1) is 6.92 Å². The van der Waals surface area contributed by atoms with Crippen molar-refractivity contribution in [3.8, 4) is 0 Å². The molecule has 1 N–H and O–H groups in total. The van der Waals surface area contributed by atoms with Crippen LogP contribution in [0.5, 0.6) is 0 Å². The average Bonchev–Trinajstić information content (AvgIpc) is 2.95. The molecule has 0 amide bonds. The molecule has 1 atom stereocenters. The fourth-order valence-electron chi connectivity index (χ4n) is 1.52. The van der Waals surface area contributed by atoms with Gasteiger partial charge in [-0.3, -0.25) is 5.32 Å². The first-order valence-corrected chi connectivity index (χ1v) is 5.34. The quantitative estimate of drug-likeness (QED) is 0.819. The molecule has 0 radical (unpaired) electrons. The SMILES string of the molecule is COCC(NCc1nc(C)no1)c1ccco1. The third kappa shape index (κ3) is 3.15. The average molecular weight is 237 g/mol. The molecule has 0 bridgehead atoms. The number of methoxy groups -OCH3 is 1. The number of furan rings is 1. The van der Waals surface area contributed by atoms with E-state index < -0.39 is 0 Å². The van der Waals surface area contributed by atoms with E-state index >= 15 is 0 Å². The van der Waals surface area contributed by atoms with Crippen molar-refractivity contribution in [2.24, 2.45) is 0 Å². The number of hydrogen-bond acceptors (Lipinski definition) is 6. The Kier molecular flexibility index (Phi) is 3.89. The molecule has 6 heteroatoms. The Morgan fingerprint density at radius 3 is 3.00 bits per heavy atom. The predicted molar refractivity (Wildman–Crippen MR) is 59.2 cm³/mol. The molecule has 0 fully saturated rings. The molecule has 2 aromatic rings. The van der Waals surface area contributed by atoms with E-state index in [1.807, 2.05) is 12.1 Å². The topological polar surface area (TPSA) is 73.3 Å². The molecule has 2 aromatic heterocycles. The molecular formula is C11H15N3O3. The van der Waals surface area contributed by atoms with Crippen molar-refractivity contribution < 1.29 is 13.7 Å². The first kappa shape index (κ1) is 11.8. The molecule has 1 unspecified atom stereocenters. The van der Waals surface area contributed by atoms with Crippen molar-refractivity contribution in [2.75, 3.05) is 13.7 Å². The van der Waals surface area contributed by atoms with Crippen LogP contribution in [0.3, 0.4) is 0 Å². The summed E-state index contributed by atoms with van der Waals surface area (Å²) in [6, 6.07) is 3.72. The summed E-state index contributed by atoms with van der Waals surface area (Å²) in [5, 5.41) is 6.96. The fourth-order valence-corrected chi connectivity index (χ4v) is 1.52. The Morgan fingerprint density at radius 2 is 2.41 bits per heavy atom. The fraction of sp³-hybridized carbons (Fsp3) is 0.455. The maximum atomic E-state index is 5.33. The van der Waals surface area contributed by atoms with Gasteiger partial charge in [0.25, 0.3) is 0 Å². The number of aryl methyl sites for hydroxylation is 1. The summed E-state index contributed by atoms with van der Waals surface area (Å²) in [5.41, 5.74) is 0. The second-order valence-corrected chi connectivity index (χ2v) is 3.64. The molecule has 0 saturated heterocycles. The number of nitrogens with one attached hydrogen (secondary N) is 1. The van der Waals surface area contributed by atoms with Crippen LogP contribution in [0.2, 0.25) is 0 Å². The van der Waals surface area contributed by atoms with Crippen LogP contribution in [0.25, 0.3) is 0 Å². The Morgan fingerprint density at radius 1 is 1.53 bits per heavy atom. The third-order valence-electron chi connectivity index (χ3n) is 2.29. The van der Waals surface area contributed by atoms with Gasteiger partial charge < -0.3 is 13.7 Å². The summed E-state index contributed by atoms with van der Waals surface area (Å²) in [5.74, 6) is 2.00. The van der Waals surface area contributed by atoms with Gasteiger partial charge in [0.05, 0.1) is 25.5 Å². The van der Waals surface area contributed by atoms with Crippen LogP contribution in [0.1, 0.15) is 23.5 Å². The number of hydrogen-bond donors (Lipinski definition) is 1. The number of ether oxygens (including phenoxy) is 1. The minimum Gasteiger partial charge on any atom is -0.468 e. The highest BCUT2D eigenvalue weighted by molar-refractivity contribution is 5.04. The number of rotatable bonds is 6. The van der Waals surface area contributed by atoms with E-state index in [-0.39, 0.29) is 6.04 Å². The highest BCUT2D eigenvalue weighted by Gasteiger charge is 2.14. The van der Waals surface area contributed by atoms with E-state index in [2.05, 4.69) is 15.5 Å². The largest absolute Gasteiger partial charge is 0.468 e. The van der Waals surface area contributed by atoms with Gasteiger partial charge in [0.1, 0.15) is 5.76 Å². The smallest absolute Gasteiger partial charge is 0.240 e. The summed E-state index contributed by atoms with van der Waals surface area (Å²) in [7, 11) is 1.65. The molecule has 2 heterocycles. The molecule has 0 aliphatic carbocycles. The van der Waals surface area contributed by atoms with Crippen LogP contribution < -0.4 is 5.32 Å². The molecule has 0 aromatic carbocycles. The summed E-state index contributed by atoms with van der Waals surface area (Å²) >= 11 is 0. The lowest BCUT2D eigenvalue weighted by Gasteiger charge is -2.13. The lowest BCUT2D eigenvalue weighted by Crippen LogP contribution is -2.24. The lowest BCUT2D eigenvalue weighted by molar-refractivity contribution is 0.154. The van der Waals surface area contributed by atoms with Gasteiger partial charge in [-0.05, 0) is 19.1 Å². The normalized spacial score (nSPS) is 12.8. The Hall–Kier alpha value is -1.66. The van der Waals surface area contributed by atoms with Crippen LogP contribution in [-0.2, 0) is 11.3 Å². The molecule has 0 aliphatic heterocycles. The minimum absolute atomic E-state index is 0.0257. The zero-order valence-electron chi connectivity index (χ0n) is 9.84. The van der Waals surface area contributed by atoms with E-state index in [1.165, 1.54) is 0 Å². The van der Waals surface area contributed by atoms with Crippen molar-refractivity contribution in [3.05, 3.63) is 35.9 Å². The Labute approximate surface area is 99.0 Å². The molecule has 0 saturated carbocycles. The van der Waals surface area contributed by atoms with E-state index in [0.29, 0.717) is 24.9 Å². The van der Waals surface area contributed by atoms with Gasteiger partial charge in [-0.25, -0.2) is 0 Å². The zero-order valence-corrected chi connectivity index (χ0v) is 9.84. The van der Waals surface area contributed by atoms with Crippen molar-refractivity contribution in [1.29, 1.82) is 0 Å². The summed E-state index contributed by atoms with van der Waals surface area (Å²) in [6.07, 6.45) is 1.64. The molecular weight excluding hydrogens is 222 g/mol. The highest BCUT2D eigenvalue weighted by atomic mass is 16.5. The predicted octanol–water partition coefficient (Wildman–Crippen LogP) is 1.45. The molecule has 17 heavy (non-hydrogen) atoms. The monoisotopic (exact) mass is 237 g/mol. The van der Waals surface area contributed by atoms with Gasteiger partial charge in [-0.1, -0.05) is 5.16 Å². The second kappa shape index (κ2) is 5.60. The Bertz CT molecular complexity index is 439. The van der Waals surface area contributed by atoms with Crippen molar-refractivity contribution >= 4 is 0 Å². The summed E-state index contributed by atoms with van der Waals surface area (Å²) in [6.45, 7) is 2.78. The molecule has 0 spiro atoms.